The Balaban J connectivity index is 2.24. The van der Waals surface area contributed by atoms with Gasteiger partial charge in [-0.3, -0.25) is 4.79 Å². The molecular weight excluding hydrogens is 502 g/mol. The molecule has 2 aromatic rings. The number of nitrogens with one attached hydrogen (secondary N) is 1. The van der Waals surface area contributed by atoms with Crippen molar-refractivity contribution in [3.63, 3.8) is 0 Å². The number of rotatable bonds is 8. The molecule has 0 fully saturated rings. The standard InChI is InChI=1S/C21H22F6N2O3SSi/c1-34(2,3)10-9-32-12-29(19(30)14-5-4-6-15(22)18(14)24)20(31)28-17-8-7-13(11-16(17)23)33-21(25,26)27/h4-8,11H,9-10,12H2,1-3H3,(H,28,31). The normalized spacial score (nSPS) is 11.9. The Morgan fingerprint density at radius 1 is 1.06 bits per heavy atom. The first kappa shape index (κ1) is 27.7. The van der Waals surface area contributed by atoms with E-state index in [0.29, 0.717) is 17.0 Å². The summed E-state index contributed by atoms with van der Waals surface area (Å²) in [5.41, 5.74) is -5.90. The minimum absolute atomic E-state index is 0.177. The third-order valence-electron chi connectivity index (χ3n) is 4.30. The van der Waals surface area contributed by atoms with Crippen molar-refractivity contribution >= 4 is 37.5 Å². The lowest BCUT2D eigenvalue weighted by Gasteiger charge is -2.23. The van der Waals surface area contributed by atoms with Crippen LogP contribution in [0, 0.1) is 17.5 Å². The zero-order chi connectivity index (χ0) is 25.7. The maximum atomic E-state index is 14.3. The lowest BCUT2D eigenvalue weighted by atomic mass is 10.2. The lowest BCUT2D eigenvalue weighted by molar-refractivity contribution is -0.0328. The van der Waals surface area contributed by atoms with E-state index in [9.17, 15) is 35.9 Å². The number of thioether (sulfide) groups is 1. The number of amides is 3. The fourth-order valence-corrected chi connectivity index (χ4v) is 3.86. The molecule has 2 aromatic carbocycles. The zero-order valence-electron chi connectivity index (χ0n) is 18.4. The molecule has 34 heavy (non-hydrogen) atoms. The van der Waals surface area contributed by atoms with Crippen molar-refractivity contribution < 1.29 is 40.7 Å². The predicted molar refractivity (Wildman–Crippen MR) is 119 cm³/mol. The van der Waals surface area contributed by atoms with E-state index in [2.05, 4.69) is 25.0 Å². The summed E-state index contributed by atoms with van der Waals surface area (Å²) >= 11 is -0.542. The predicted octanol–water partition coefficient (Wildman–Crippen LogP) is 6.70. The number of urea groups is 1. The number of hydrogen-bond donors (Lipinski definition) is 1. The van der Waals surface area contributed by atoms with Crippen LogP contribution in [-0.4, -0.2) is 43.8 Å². The van der Waals surface area contributed by atoms with Gasteiger partial charge < -0.3 is 10.1 Å². The molecule has 0 aliphatic carbocycles. The molecule has 0 bridgehead atoms. The topological polar surface area (TPSA) is 58.6 Å². The summed E-state index contributed by atoms with van der Waals surface area (Å²) in [6, 6.07) is 4.65. The third-order valence-corrected chi connectivity index (χ3v) is 6.73. The van der Waals surface area contributed by atoms with Gasteiger partial charge in [0.15, 0.2) is 11.6 Å². The molecule has 0 aliphatic heterocycles. The minimum Gasteiger partial charge on any atom is -0.361 e. The summed E-state index contributed by atoms with van der Waals surface area (Å²) < 4.78 is 84.9. The van der Waals surface area contributed by atoms with Gasteiger partial charge in [-0.15, -0.1) is 0 Å². The van der Waals surface area contributed by atoms with Gasteiger partial charge in [-0.2, -0.15) is 13.2 Å². The number of carbonyl (C=O) groups excluding carboxylic acids is 2. The molecule has 13 heteroatoms. The second-order valence-corrected chi connectivity index (χ2v) is 15.1. The van der Waals surface area contributed by atoms with E-state index in [-0.39, 0.29) is 6.61 Å². The maximum absolute atomic E-state index is 14.3. The van der Waals surface area contributed by atoms with Gasteiger partial charge in [0.1, 0.15) is 12.5 Å². The molecular formula is C21H22F6N2O3SSi. The van der Waals surface area contributed by atoms with Gasteiger partial charge >= 0.3 is 11.5 Å². The second-order valence-electron chi connectivity index (χ2n) is 8.30. The quantitative estimate of drug-likeness (QED) is 0.137. The van der Waals surface area contributed by atoms with E-state index in [1.165, 1.54) is 0 Å². The Morgan fingerprint density at radius 2 is 1.74 bits per heavy atom. The summed E-state index contributed by atoms with van der Waals surface area (Å²) in [6.07, 6.45) is 0. The number of ether oxygens (including phenoxy) is 1. The first-order valence-electron chi connectivity index (χ1n) is 9.88. The summed E-state index contributed by atoms with van der Waals surface area (Å²) in [5, 5.41) is 2.06. The highest BCUT2D eigenvalue weighted by Crippen LogP contribution is 2.37. The van der Waals surface area contributed by atoms with E-state index >= 15 is 0 Å². The fourth-order valence-electron chi connectivity index (χ4n) is 2.54. The molecule has 2 rings (SSSR count). The van der Waals surface area contributed by atoms with Crippen molar-refractivity contribution in [2.75, 3.05) is 18.7 Å². The van der Waals surface area contributed by atoms with Crippen molar-refractivity contribution in [2.45, 2.75) is 36.1 Å². The maximum Gasteiger partial charge on any atom is 0.446 e. The van der Waals surface area contributed by atoms with E-state index in [4.69, 9.17) is 4.74 Å². The summed E-state index contributed by atoms with van der Waals surface area (Å²) in [5.74, 6) is -5.22. The molecule has 3 amide bonds. The zero-order valence-corrected chi connectivity index (χ0v) is 20.2. The van der Waals surface area contributed by atoms with E-state index in [1.807, 2.05) is 0 Å². The van der Waals surface area contributed by atoms with Crippen LogP contribution in [0.3, 0.4) is 0 Å². The molecule has 1 N–H and O–H groups in total. The van der Waals surface area contributed by atoms with Crippen molar-refractivity contribution in [1.82, 2.24) is 4.90 Å². The highest BCUT2D eigenvalue weighted by Gasteiger charge is 2.30. The molecule has 0 saturated carbocycles. The van der Waals surface area contributed by atoms with E-state index in [1.54, 1.807) is 0 Å². The Hall–Kier alpha value is -2.51. The Kier molecular flexibility index (Phi) is 9.20. The first-order valence-corrected chi connectivity index (χ1v) is 14.4. The average Bonchev–Trinajstić information content (AvgIpc) is 2.69. The molecule has 0 spiro atoms. The van der Waals surface area contributed by atoms with Crippen LogP contribution in [0.4, 0.5) is 36.8 Å². The van der Waals surface area contributed by atoms with Gasteiger partial charge in [-0.1, -0.05) is 25.7 Å². The number of carbonyl (C=O) groups is 2. The molecule has 186 valence electrons. The molecule has 0 saturated heterocycles. The molecule has 0 heterocycles. The summed E-state index contributed by atoms with van der Waals surface area (Å²) in [4.78, 5) is 25.5. The van der Waals surface area contributed by atoms with Gasteiger partial charge in [0.25, 0.3) is 5.91 Å². The number of halogens is 6. The van der Waals surface area contributed by atoms with Crippen LogP contribution >= 0.6 is 11.8 Å². The highest BCUT2D eigenvalue weighted by molar-refractivity contribution is 8.00. The van der Waals surface area contributed by atoms with Crippen LogP contribution < -0.4 is 5.32 Å². The largest absolute Gasteiger partial charge is 0.446 e. The number of anilines is 1. The highest BCUT2D eigenvalue weighted by atomic mass is 32.2. The molecule has 0 aliphatic rings. The van der Waals surface area contributed by atoms with Crippen LogP contribution in [0.1, 0.15) is 10.4 Å². The Bertz CT molecular complexity index is 1050. The van der Waals surface area contributed by atoms with Crippen LogP contribution in [0.5, 0.6) is 0 Å². The second kappa shape index (κ2) is 11.3. The SMILES string of the molecule is C[Si](C)(C)CCOCN(C(=O)Nc1ccc(SC(F)(F)F)cc1F)C(=O)c1cccc(F)c1F. The minimum atomic E-state index is -4.64. The fraction of sp³-hybridized carbons (Fsp3) is 0.333. The van der Waals surface area contributed by atoms with Gasteiger partial charge in [-0.05, 0) is 48.1 Å². The van der Waals surface area contributed by atoms with Crippen LogP contribution in [0.15, 0.2) is 41.3 Å². The van der Waals surface area contributed by atoms with Crippen molar-refractivity contribution in [2.24, 2.45) is 0 Å². The Labute approximate surface area is 197 Å². The molecule has 0 radical (unpaired) electrons. The summed E-state index contributed by atoms with van der Waals surface area (Å²) in [7, 11) is -1.53. The van der Waals surface area contributed by atoms with Crippen LogP contribution in [0.25, 0.3) is 0 Å². The lowest BCUT2D eigenvalue weighted by Crippen LogP contribution is -2.42. The average molecular weight is 525 g/mol. The van der Waals surface area contributed by atoms with Gasteiger partial charge in [0, 0.05) is 19.6 Å². The third kappa shape index (κ3) is 8.36. The number of benzene rings is 2. The molecule has 0 aromatic heterocycles. The van der Waals surface area contributed by atoms with Gasteiger partial charge in [-0.25, -0.2) is 22.9 Å². The van der Waals surface area contributed by atoms with E-state index < -0.39 is 77.6 Å². The number of imide groups is 1. The first-order chi connectivity index (χ1) is 15.7. The number of nitrogens with zero attached hydrogens (tertiary/aromatic N) is 1. The van der Waals surface area contributed by atoms with E-state index in [0.717, 1.165) is 30.3 Å². The molecule has 5 nitrogen and oxygen atoms in total. The van der Waals surface area contributed by atoms with Gasteiger partial charge in [0.05, 0.1) is 11.3 Å². The number of alkyl halides is 3. The van der Waals surface area contributed by atoms with Crippen molar-refractivity contribution in [3.8, 4) is 0 Å². The monoisotopic (exact) mass is 524 g/mol. The van der Waals surface area contributed by atoms with Gasteiger partial charge in [0.2, 0.25) is 0 Å². The van der Waals surface area contributed by atoms with Crippen molar-refractivity contribution in [3.05, 3.63) is 59.4 Å². The number of hydrogen-bond acceptors (Lipinski definition) is 4. The van der Waals surface area contributed by atoms with Crippen LogP contribution in [-0.2, 0) is 4.74 Å². The molecule has 0 unspecified atom stereocenters. The summed E-state index contributed by atoms with van der Waals surface area (Å²) in [6.45, 7) is 5.73. The smallest absolute Gasteiger partial charge is 0.361 e. The van der Waals surface area contributed by atoms with Crippen LogP contribution in [0.2, 0.25) is 25.7 Å². The molecule has 0 atom stereocenters. The Morgan fingerprint density at radius 3 is 2.32 bits per heavy atom. The van der Waals surface area contributed by atoms with Crippen molar-refractivity contribution in [1.29, 1.82) is 0 Å².